The summed E-state index contributed by atoms with van der Waals surface area (Å²) in [7, 11) is 0. The SMILES string of the molecule is CCNC(=O)CNC(=O)CCC1CCC(N)CC1. The van der Waals surface area contributed by atoms with E-state index in [-0.39, 0.29) is 18.4 Å². The van der Waals surface area contributed by atoms with Crippen LogP contribution in [0.2, 0.25) is 0 Å². The highest BCUT2D eigenvalue weighted by Gasteiger charge is 2.19. The number of rotatable bonds is 6. The molecule has 1 saturated carbocycles. The lowest BCUT2D eigenvalue weighted by molar-refractivity contribution is -0.126. The molecule has 0 aromatic rings. The zero-order valence-corrected chi connectivity index (χ0v) is 11.2. The summed E-state index contributed by atoms with van der Waals surface area (Å²) >= 11 is 0. The number of likely N-dealkylation sites (N-methyl/N-ethyl adjacent to an activating group) is 1. The molecule has 0 aromatic heterocycles. The smallest absolute Gasteiger partial charge is 0.239 e. The Bertz CT molecular complexity index is 273. The van der Waals surface area contributed by atoms with E-state index in [4.69, 9.17) is 5.73 Å². The van der Waals surface area contributed by atoms with Crippen LogP contribution in [-0.2, 0) is 9.59 Å². The largest absolute Gasteiger partial charge is 0.355 e. The van der Waals surface area contributed by atoms with Crippen molar-refractivity contribution in [3.8, 4) is 0 Å². The van der Waals surface area contributed by atoms with Crippen molar-refractivity contribution in [2.45, 2.75) is 51.5 Å². The summed E-state index contributed by atoms with van der Waals surface area (Å²) in [4.78, 5) is 22.7. The predicted molar refractivity (Wildman–Crippen MR) is 70.9 cm³/mol. The van der Waals surface area contributed by atoms with Gasteiger partial charge < -0.3 is 16.4 Å². The molecule has 0 atom stereocenters. The van der Waals surface area contributed by atoms with Gasteiger partial charge in [-0.05, 0) is 44.9 Å². The van der Waals surface area contributed by atoms with Crippen LogP contribution in [0.4, 0.5) is 0 Å². The van der Waals surface area contributed by atoms with Crippen LogP contribution in [0.15, 0.2) is 0 Å². The molecule has 0 aliphatic heterocycles. The third-order valence-electron chi connectivity index (χ3n) is 3.49. The molecule has 1 aliphatic rings. The van der Waals surface area contributed by atoms with Crippen LogP contribution in [0.3, 0.4) is 0 Å². The predicted octanol–water partition coefficient (Wildman–Crippen LogP) is 0.536. The number of nitrogens with two attached hydrogens (primary N) is 1. The summed E-state index contributed by atoms with van der Waals surface area (Å²) in [5.41, 5.74) is 5.84. The molecule has 2 amide bonds. The molecule has 5 heteroatoms. The van der Waals surface area contributed by atoms with Crippen LogP contribution < -0.4 is 16.4 Å². The Balaban J connectivity index is 2.08. The maximum atomic E-state index is 11.5. The minimum atomic E-state index is -0.130. The Kier molecular flexibility index (Phi) is 6.72. The van der Waals surface area contributed by atoms with Gasteiger partial charge in [0.05, 0.1) is 6.54 Å². The van der Waals surface area contributed by atoms with E-state index in [1.165, 1.54) is 0 Å². The van der Waals surface area contributed by atoms with E-state index in [2.05, 4.69) is 10.6 Å². The van der Waals surface area contributed by atoms with Crippen LogP contribution in [0.25, 0.3) is 0 Å². The van der Waals surface area contributed by atoms with Crippen molar-refractivity contribution < 1.29 is 9.59 Å². The molecule has 0 unspecified atom stereocenters. The van der Waals surface area contributed by atoms with Gasteiger partial charge in [-0.1, -0.05) is 0 Å². The Morgan fingerprint density at radius 2 is 1.78 bits per heavy atom. The van der Waals surface area contributed by atoms with Crippen LogP contribution in [0.1, 0.15) is 45.4 Å². The molecule has 0 bridgehead atoms. The first kappa shape index (κ1) is 15.0. The normalized spacial score (nSPS) is 23.4. The number of carbonyl (C=O) groups excluding carboxylic acids is 2. The molecular weight excluding hydrogens is 230 g/mol. The molecule has 1 fully saturated rings. The second-order valence-electron chi connectivity index (χ2n) is 5.05. The topological polar surface area (TPSA) is 84.2 Å². The zero-order chi connectivity index (χ0) is 13.4. The molecule has 0 spiro atoms. The van der Waals surface area contributed by atoms with E-state index in [1.54, 1.807) is 0 Å². The number of hydrogen-bond donors (Lipinski definition) is 3. The quantitative estimate of drug-likeness (QED) is 0.647. The standard InChI is InChI=1S/C13H25N3O2/c1-2-15-13(18)9-16-12(17)8-5-10-3-6-11(14)7-4-10/h10-11H,2-9,14H2,1H3,(H,15,18)(H,16,17). The summed E-state index contributed by atoms with van der Waals surface area (Å²) in [5.74, 6) is 0.464. The number of carbonyl (C=O) groups is 2. The molecule has 1 rings (SSSR count). The van der Waals surface area contributed by atoms with Gasteiger partial charge in [-0.15, -0.1) is 0 Å². The maximum Gasteiger partial charge on any atom is 0.239 e. The summed E-state index contributed by atoms with van der Waals surface area (Å²) in [6.45, 7) is 2.53. The van der Waals surface area contributed by atoms with E-state index in [0.29, 0.717) is 24.9 Å². The van der Waals surface area contributed by atoms with Crippen molar-refractivity contribution in [3.05, 3.63) is 0 Å². The van der Waals surface area contributed by atoms with Crippen LogP contribution in [0, 0.1) is 5.92 Å². The van der Waals surface area contributed by atoms with E-state index in [1.807, 2.05) is 6.92 Å². The molecule has 4 N–H and O–H groups in total. The molecule has 0 saturated heterocycles. The number of nitrogens with one attached hydrogen (secondary N) is 2. The van der Waals surface area contributed by atoms with Gasteiger partial charge in [-0.2, -0.15) is 0 Å². The van der Waals surface area contributed by atoms with E-state index in [0.717, 1.165) is 32.1 Å². The summed E-state index contributed by atoms with van der Waals surface area (Å²) in [6, 6.07) is 0.354. The molecule has 18 heavy (non-hydrogen) atoms. The fraction of sp³-hybridized carbons (Fsp3) is 0.846. The van der Waals surface area contributed by atoms with Gasteiger partial charge in [0.2, 0.25) is 11.8 Å². The third-order valence-corrected chi connectivity index (χ3v) is 3.49. The first-order valence-electron chi connectivity index (χ1n) is 6.90. The first-order chi connectivity index (χ1) is 8.61. The number of amides is 2. The molecular formula is C13H25N3O2. The Hall–Kier alpha value is -1.10. The second-order valence-corrected chi connectivity index (χ2v) is 5.05. The van der Waals surface area contributed by atoms with E-state index < -0.39 is 0 Å². The van der Waals surface area contributed by atoms with E-state index >= 15 is 0 Å². The average molecular weight is 255 g/mol. The van der Waals surface area contributed by atoms with Crippen molar-refractivity contribution in [2.24, 2.45) is 11.7 Å². The van der Waals surface area contributed by atoms with Gasteiger partial charge in [-0.3, -0.25) is 9.59 Å². The lowest BCUT2D eigenvalue weighted by atomic mass is 9.84. The highest BCUT2D eigenvalue weighted by Crippen LogP contribution is 2.26. The van der Waals surface area contributed by atoms with Gasteiger partial charge in [0.1, 0.15) is 0 Å². The van der Waals surface area contributed by atoms with Gasteiger partial charge in [0.25, 0.3) is 0 Å². The van der Waals surface area contributed by atoms with Crippen LogP contribution in [0.5, 0.6) is 0 Å². The van der Waals surface area contributed by atoms with Crippen LogP contribution >= 0.6 is 0 Å². The molecule has 0 radical (unpaired) electrons. The second kappa shape index (κ2) is 8.08. The fourth-order valence-electron chi connectivity index (χ4n) is 2.34. The molecule has 104 valence electrons. The van der Waals surface area contributed by atoms with Gasteiger partial charge >= 0.3 is 0 Å². The van der Waals surface area contributed by atoms with Gasteiger partial charge in [0, 0.05) is 19.0 Å². The Morgan fingerprint density at radius 3 is 2.39 bits per heavy atom. The summed E-state index contributed by atoms with van der Waals surface area (Å²) in [5, 5.41) is 5.28. The summed E-state index contributed by atoms with van der Waals surface area (Å²) < 4.78 is 0. The third kappa shape index (κ3) is 6.00. The Morgan fingerprint density at radius 1 is 1.11 bits per heavy atom. The van der Waals surface area contributed by atoms with Crippen molar-refractivity contribution in [1.29, 1.82) is 0 Å². The van der Waals surface area contributed by atoms with Crippen LogP contribution in [-0.4, -0.2) is 30.9 Å². The molecule has 0 aromatic carbocycles. The van der Waals surface area contributed by atoms with Gasteiger partial charge in [-0.25, -0.2) is 0 Å². The minimum Gasteiger partial charge on any atom is -0.355 e. The Labute approximate surface area is 109 Å². The lowest BCUT2D eigenvalue weighted by Crippen LogP contribution is -2.37. The molecule has 0 heterocycles. The van der Waals surface area contributed by atoms with Crippen molar-refractivity contribution in [2.75, 3.05) is 13.1 Å². The number of hydrogen-bond acceptors (Lipinski definition) is 3. The fourth-order valence-corrected chi connectivity index (χ4v) is 2.34. The summed E-state index contributed by atoms with van der Waals surface area (Å²) in [6.07, 6.45) is 5.83. The average Bonchev–Trinajstić information content (AvgIpc) is 2.36. The molecule has 1 aliphatic carbocycles. The monoisotopic (exact) mass is 255 g/mol. The first-order valence-corrected chi connectivity index (χ1v) is 6.90. The minimum absolute atomic E-state index is 0.0314. The van der Waals surface area contributed by atoms with Crippen molar-refractivity contribution >= 4 is 11.8 Å². The molecule has 5 nitrogen and oxygen atoms in total. The van der Waals surface area contributed by atoms with Crippen molar-refractivity contribution in [3.63, 3.8) is 0 Å². The van der Waals surface area contributed by atoms with E-state index in [9.17, 15) is 9.59 Å². The zero-order valence-electron chi connectivity index (χ0n) is 11.2. The maximum absolute atomic E-state index is 11.5. The van der Waals surface area contributed by atoms with Gasteiger partial charge in [0.15, 0.2) is 0 Å². The van der Waals surface area contributed by atoms with Crippen molar-refractivity contribution in [1.82, 2.24) is 10.6 Å². The highest BCUT2D eigenvalue weighted by molar-refractivity contribution is 5.84. The highest BCUT2D eigenvalue weighted by atomic mass is 16.2. The lowest BCUT2D eigenvalue weighted by Gasteiger charge is -2.25.